The van der Waals surface area contributed by atoms with E-state index < -0.39 is 0 Å². The maximum Gasteiger partial charge on any atom is 0.243 e. The van der Waals surface area contributed by atoms with Gasteiger partial charge in [0, 0.05) is 6.54 Å². The van der Waals surface area contributed by atoms with Gasteiger partial charge in [-0.05, 0) is 45.7 Å². The van der Waals surface area contributed by atoms with Crippen molar-refractivity contribution in [2.24, 2.45) is 0 Å². The van der Waals surface area contributed by atoms with Gasteiger partial charge in [0.05, 0.1) is 0 Å². The maximum absolute atomic E-state index is 11.1. The van der Waals surface area contributed by atoms with Gasteiger partial charge in [0.15, 0.2) is 0 Å². The lowest BCUT2D eigenvalue weighted by Crippen LogP contribution is -2.19. The van der Waals surface area contributed by atoms with Crippen LogP contribution in [0.2, 0.25) is 0 Å². The number of rotatable bonds is 4. The average molecular weight is 243 g/mol. The van der Waals surface area contributed by atoms with Crippen LogP contribution in [0.3, 0.4) is 0 Å². The molecule has 1 aromatic heterocycles. The van der Waals surface area contributed by atoms with Crippen LogP contribution in [0.4, 0.5) is 0 Å². The average Bonchev–Trinajstić information content (AvgIpc) is 2.90. The number of hydrogen-bond donors (Lipinski definition) is 1. The molecule has 3 heteroatoms. The highest BCUT2D eigenvalue weighted by Gasteiger charge is 2.00. The number of carbonyl (C=O) groups is 1. The molecule has 2 rings (SSSR count). The zero-order chi connectivity index (χ0) is 12.1. The van der Waals surface area contributed by atoms with Gasteiger partial charge < -0.3 is 5.32 Å². The molecule has 1 amide bonds. The fraction of sp³-hybridized carbons (Fsp3) is 0.0714. The van der Waals surface area contributed by atoms with Crippen LogP contribution in [0.5, 0.6) is 0 Å². The summed E-state index contributed by atoms with van der Waals surface area (Å²) in [6.45, 7) is 3.95. The fourth-order valence-electron chi connectivity index (χ4n) is 1.55. The molecule has 0 bridgehead atoms. The number of nitrogens with one attached hydrogen (secondary N) is 1. The Morgan fingerprint density at radius 1 is 1.35 bits per heavy atom. The summed E-state index contributed by atoms with van der Waals surface area (Å²) >= 11 is 1.68. The molecule has 1 aromatic carbocycles. The maximum atomic E-state index is 11.1. The molecular weight excluding hydrogens is 230 g/mol. The van der Waals surface area contributed by atoms with Gasteiger partial charge in [0.25, 0.3) is 0 Å². The third kappa shape index (κ3) is 3.04. The highest BCUT2D eigenvalue weighted by molar-refractivity contribution is 7.08. The third-order valence-corrected chi connectivity index (χ3v) is 3.12. The number of benzene rings is 1. The molecule has 2 nitrogen and oxygen atoms in total. The molecular formula is C14H13NOS. The monoisotopic (exact) mass is 243 g/mol. The van der Waals surface area contributed by atoms with Crippen molar-refractivity contribution < 1.29 is 4.79 Å². The van der Waals surface area contributed by atoms with Crippen molar-refractivity contribution in [3.05, 3.63) is 59.3 Å². The van der Waals surface area contributed by atoms with Crippen molar-refractivity contribution in [2.45, 2.75) is 6.54 Å². The first-order valence-electron chi connectivity index (χ1n) is 5.31. The van der Waals surface area contributed by atoms with E-state index in [0.717, 1.165) is 5.56 Å². The van der Waals surface area contributed by atoms with Crippen molar-refractivity contribution in [3.8, 4) is 11.1 Å². The molecule has 0 aliphatic carbocycles. The summed E-state index contributed by atoms with van der Waals surface area (Å²) in [5, 5.41) is 6.94. The highest BCUT2D eigenvalue weighted by Crippen LogP contribution is 2.22. The third-order valence-electron chi connectivity index (χ3n) is 2.43. The van der Waals surface area contributed by atoms with Crippen LogP contribution < -0.4 is 5.32 Å². The molecule has 86 valence electrons. The van der Waals surface area contributed by atoms with E-state index in [1.165, 1.54) is 17.2 Å². The summed E-state index contributed by atoms with van der Waals surface area (Å²) in [7, 11) is 0. The molecule has 0 unspecified atom stereocenters. The van der Waals surface area contributed by atoms with Crippen molar-refractivity contribution >= 4 is 17.2 Å². The predicted molar refractivity (Wildman–Crippen MR) is 71.8 cm³/mol. The quantitative estimate of drug-likeness (QED) is 0.821. The molecule has 0 radical (unpaired) electrons. The Kier molecular flexibility index (Phi) is 3.73. The van der Waals surface area contributed by atoms with Crippen LogP contribution in [0, 0.1) is 0 Å². The molecule has 17 heavy (non-hydrogen) atoms. The molecule has 0 aliphatic heterocycles. The van der Waals surface area contributed by atoms with E-state index in [0.29, 0.717) is 6.54 Å². The highest BCUT2D eigenvalue weighted by atomic mass is 32.1. The molecule has 0 aliphatic rings. The number of carbonyl (C=O) groups excluding carboxylic acids is 1. The topological polar surface area (TPSA) is 29.1 Å². The second-order valence-corrected chi connectivity index (χ2v) is 4.41. The Hall–Kier alpha value is -1.87. The minimum absolute atomic E-state index is 0.147. The van der Waals surface area contributed by atoms with E-state index in [1.54, 1.807) is 11.3 Å². The van der Waals surface area contributed by atoms with Crippen molar-refractivity contribution in [1.82, 2.24) is 5.32 Å². The van der Waals surface area contributed by atoms with Crippen LogP contribution in [-0.4, -0.2) is 5.91 Å². The molecule has 0 atom stereocenters. The normalized spacial score (nSPS) is 9.88. The van der Waals surface area contributed by atoms with Gasteiger partial charge in [-0.1, -0.05) is 24.8 Å². The molecule has 1 N–H and O–H groups in total. The van der Waals surface area contributed by atoms with Crippen molar-refractivity contribution in [2.75, 3.05) is 0 Å². The van der Waals surface area contributed by atoms with Crippen LogP contribution in [0.15, 0.2) is 53.7 Å². The smallest absolute Gasteiger partial charge is 0.243 e. The number of hydrogen-bond acceptors (Lipinski definition) is 2. The Balaban J connectivity index is 2.12. The largest absolute Gasteiger partial charge is 0.348 e. The molecule has 0 saturated heterocycles. The first kappa shape index (κ1) is 11.6. The van der Waals surface area contributed by atoms with Crippen LogP contribution in [0.25, 0.3) is 11.1 Å². The van der Waals surface area contributed by atoms with E-state index in [2.05, 4.69) is 40.9 Å². The van der Waals surface area contributed by atoms with Crippen molar-refractivity contribution in [3.63, 3.8) is 0 Å². The Labute approximate surface area is 105 Å². The molecule has 0 spiro atoms. The van der Waals surface area contributed by atoms with Gasteiger partial charge >= 0.3 is 0 Å². The molecule has 0 fully saturated rings. The summed E-state index contributed by atoms with van der Waals surface area (Å²) in [4.78, 5) is 11.1. The van der Waals surface area contributed by atoms with Gasteiger partial charge in [-0.3, -0.25) is 4.79 Å². The van der Waals surface area contributed by atoms with E-state index >= 15 is 0 Å². The van der Waals surface area contributed by atoms with E-state index in [4.69, 9.17) is 0 Å². The van der Waals surface area contributed by atoms with E-state index in [-0.39, 0.29) is 5.91 Å². The summed E-state index contributed by atoms with van der Waals surface area (Å²) in [6, 6.07) is 10.3. The number of amides is 1. The zero-order valence-corrected chi connectivity index (χ0v) is 10.2. The minimum atomic E-state index is -0.147. The SMILES string of the molecule is C=CC(=O)NCc1cccc(-c2ccsc2)c1. The standard InChI is InChI=1S/C14H13NOS/c1-2-14(16)15-9-11-4-3-5-12(8-11)13-6-7-17-10-13/h2-8,10H,1,9H2,(H,15,16). The molecule has 1 heterocycles. The van der Waals surface area contributed by atoms with Gasteiger partial charge in [-0.15, -0.1) is 0 Å². The van der Waals surface area contributed by atoms with Crippen LogP contribution in [0.1, 0.15) is 5.56 Å². The second kappa shape index (κ2) is 5.46. The lowest BCUT2D eigenvalue weighted by atomic mass is 10.1. The summed E-state index contributed by atoms with van der Waals surface area (Å²) in [5.41, 5.74) is 3.48. The second-order valence-electron chi connectivity index (χ2n) is 3.63. The summed E-state index contributed by atoms with van der Waals surface area (Å²) in [5.74, 6) is -0.147. The van der Waals surface area contributed by atoms with Crippen LogP contribution in [-0.2, 0) is 11.3 Å². The Morgan fingerprint density at radius 3 is 2.94 bits per heavy atom. The summed E-state index contributed by atoms with van der Waals surface area (Å²) in [6.07, 6.45) is 1.28. The molecule has 0 saturated carbocycles. The Morgan fingerprint density at radius 2 is 2.24 bits per heavy atom. The van der Waals surface area contributed by atoms with Gasteiger partial charge in [0.1, 0.15) is 0 Å². The van der Waals surface area contributed by atoms with Gasteiger partial charge in [-0.25, -0.2) is 0 Å². The van der Waals surface area contributed by atoms with Crippen molar-refractivity contribution in [1.29, 1.82) is 0 Å². The lowest BCUT2D eigenvalue weighted by Gasteiger charge is -2.04. The predicted octanol–water partition coefficient (Wildman–Crippen LogP) is 3.22. The Bertz CT molecular complexity index is 517. The van der Waals surface area contributed by atoms with E-state index in [9.17, 15) is 4.79 Å². The van der Waals surface area contributed by atoms with Crippen LogP contribution >= 0.6 is 11.3 Å². The minimum Gasteiger partial charge on any atom is -0.348 e. The van der Waals surface area contributed by atoms with E-state index in [1.807, 2.05) is 12.1 Å². The van der Waals surface area contributed by atoms with Gasteiger partial charge in [0.2, 0.25) is 5.91 Å². The first-order valence-corrected chi connectivity index (χ1v) is 6.25. The summed E-state index contributed by atoms with van der Waals surface area (Å²) < 4.78 is 0. The number of thiophene rings is 1. The fourth-order valence-corrected chi connectivity index (χ4v) is 2.22. The zero-order valence-electron chi connectivity index (χ0n) is 9.35. The first-order chi connectivity index (χ1) is 8.29. The molecule has 2 aromatic rings. The van der Waals surface area contributed by atoms with Gasteiger partial charge in [-0.2, -0.15) is 11.3 Å². The lowest BCUT2D eigenvalue weighted by molar-refractivity contribution is -0.116.